The summed E-state index contributed by atoms with van der Waals surface area (Å²) in [4.78, 5) is 0. The first-order valence-corrected chi connectivity index (χ1v) is 7.98. The molecule has 0 aliphatic rings. The lowest BCUT2D eigenvalue weighted by Crippen LogP contribution is -2.92. The maximum atomic E-state index is 10.0. The molecule has 2 atom stereocenters. The maximum absolute atomic E-state index is 10.0. The van der Waals surface area contributed by atoms with E-state index in [-0.39, 0.29) is 5.41 Å². The number of nitrogens with two attached hydrogens (primary N) is 1. The molecule has 4 nitrogen and oxygen atoms in total. The molecule has 0 bridgehead atoms. The summed E-state index contributed by atoms with van der Waals surface area (Å²) < 4.78 is 10.8. The second-order valence-electron chi connectivity index (χ2n) is 7.10. The van der Waals surface area contributed by atoms with Gasteiger partial charge < -0.3 is 19.9 Å². The number of hydrogen-bond acceptors (Lipinski definition) is 3. The molecular weight excluding hydrogens is 278 g/mol. The Hall–Kier alpha value is -1.10. The van der Waals surface area contributed by atoms with E-state index < -0.39 is 6.10 Å². The van der Waals surface area contributed by atoms with E-state index in [0.717, 1.165) is 11.3 Å². The zero-order chi connectivity index (χ0) is 16.8. The van der Waals surface area contributed by atoms with Gasteiger partial charge in [-0.15, -0.1) is 0 Å². The molecule has 0 amide bonds. The van der Waals surface area contributed by atoms with Crippen LogP contribution < -0.4 is 10.1 Å². The van der Waals surface area contributed by atoms with Crippen LogP contribution in [0.1, 0.15) is 38.8 Å². The Morgan fingerprint density at radius 2 is 1.91 bits per heavy atom. The molecule has 22 heavy (non-hydrogen) atoms. The molecule has 0 radical (unpaired) electrons. The lowest BCUT2D eigenvalue weighted by Gasteiger charge is -2.21. The third-order valence-electron chi connectivity index (χ3n) is 3.71. The third-order valence-corrected chi connectivity index (χ3v) is 3.71. The van der Waals surface area contributed by atoms with Crippen molar-refractivity contribution < 1.29 is 19.9 Å². The molecular formula is C18H32NO3+. The van der Waals surface area contributed by atoms with Crippen molar-refractivity contribution in [2.24, 2.45) is 0 Å². The summed E-state index contributed by atoms with van der Waals surface area (Å²) in [6, 6.07) is 6.60. The predicted octanol–water partition coefficient (Wildman–Crippen LogP) is 1.63. The van der Waals surface area contributed by atoms with E-state index in [0.29, 0.717) is 25.8 Å². The Labute approximate surface area is 134 Å². The lowest BCUT2D eigenvalue weighted by atomic mass is 9.86. The zero-order valence-electron chi connectivity index (χ0n) is 14.8. The first kappa shape index (κ1) is 18.9. The fourth-order valence-corrected chi connectivity index (χ4v) is 2.25. The van der Waals surface area contributed by atoms with Crippen molar-refractivity contribution in [3.05, 3.63) is 29.3 Å². The number of aliphatic hydroxyl groups excluding tert-OH is 1. The van der Waals surface area contributed by atoms with E-state index in [1.165, 1.54) is 5.56 Å². The minimum atomic E-state index is -0.485. The molecule has 0 saturated carbocycles. The molecule has 126 valence electrons. The lowest BCUT2D eigenvalue weighted by molar-refractivity contribution is -0.693. The van der Waals surface area contributed by atoms with Gasteiger partial charge in [-0.25, -0.2) is 0 Å². The Balaban J connectivity index is 2.47. The first-order valence-electron chi connectivity index (χ1n) is 7.98. The molecule has 0 saturated heterocycles. The molecule has 4 heteroatoms. The SMILES string of the molecule is COC[C@H](C)[NH2+]C[C@H](O)COc1ccc(C(C)(C)C)cc1C. The summed E-state index contributed by atoms with van der Waals surface area (Å²) in [7, 11) is 1.69. The number of aryl methyl sites for hydroxylation is 1. The van der Waals surface area contributed by atoms with Crippen molar-refractivity contribution in [3.8, 4) is 5.75 Å². The number of benzene rings is 1. The van der Waals surface area contributed by atoms with Gasteiger partial charge in [-0.1, -0.05) is 32.9 Å². The Morgan fingerprint density at radius 3 is 2.45 bits per heavy atom. The van der Waals surface area contributed by atoms with Gasteiger partial charge in [0, 0.05) is 7.11 Å². The molecule has 1 aromatic carbocycles. The second-order valence-corrected chi connectivity index (χ2v) is 7.10. The monoisotopic (exact) mass is 310 g/mol. The van der Waals surface area contributed by atoms with Crippen molar-refractivity contribution in [3.63, 3.8) is 0 Å². The van der Waals surface area contributed by atoms with E-state index in [2.05, 4.69) is 45.1 Å². The van der Waals surface area contributed by atoms with E-state index in [1.807, 2.05) is 13.0 Å². The fraction of sp³-hybridized carbons (Fsp3) is 0.667. The maximum Gasteiger partial charge on any atom is 0.137 e. The molecule has 0 aliphatic carbocycles. The van der Waals surface area contributed by atoms with Gasteiger partial charge in [-0.05, 0) is 36.5 Å². The van der Waals surface area contributed by atoms with Crippen LogP contribution in [0.5, 0.6) is 5.75 Å². The van der Waals surface area contributed by atoms with Crippen molar-refractivity contribution in [2.75, 3.05) is 26.9 Å². The van der Waals surface area contributed by atoms with Crippen LogP contribution >= 0.6 is 0 Å². The minimum Gasteiger partial charge on any atom is -0.490 e. The van der Waals surface area contributed by atoms with Gasteiger partial charge in [-0.3, -0.25) is 0 Å². The second kappa shape index (κ2) is 8.51. The van der Waals surface area contributed by atoms with Crippen LogP contribution in [0.25, 0.3) is 0 Å². The topological polar surface area (TPSA) is 55.3 Å². The zero-order valence-corrected chi connectivity index (χ0v) is 14.8. The molecule has 0 aliphatic heterocycles. The fourth-order valence-electron chi connectivity index (χ4n) is 2.25. The number of ether oxygens (including phenoxy) is 2. The summed E-state index contributed by atoms with van der Waals surface area (Å²) in [6.45, 7) is 12.3. The van der Waals surface area contributed by atoms with E-state index in [4.69, 9.17) is 9.47 Å². The number of rotatable bonds is 8. The Kier molecular flexibility index (Phi) is 7.33. The predicted molar refractivity (Wildman–Crippen MR) is 89.5 cm³/mol. The smallest absolute Gasteiger partial charge is 0.137 e. The summed E-state index contributed by atoms with van der Waals surface area (Å²) in [5.41, 5.74) is 2.53. The summed E-state index contributed by atoms with van der Waals surface area (Å²) in [5, 5.41) is 12.1. The Bertz CT molecular complexity index is 454. The van der Waals surface area contributed by atoms with Crippen LogP contribution in [-0.4, -0.2) is 44.1 Å². The number of aliphatic hydroxyl groups is 1. The highest BCUT2D eigenvalue weighted by atomic mass is 16.5. The van der Waals surface area contributed by atoms with Gasteiger partial charge in [0.1, 0.15) is 31.0 Å². The van der Waals surface area contributed by atoms with Gasteiger partial charge in [-0.2, -0.15) is 0 Å². The average Bonchev–Trinajstić information content (AvgIpc) is 2.43. The normalized spacial score (nSPS) is 14.7. The van der Waals surface area contributed by atoms with E-state index in [9.17, 15) is 5.11 Å². The quantitative estimate of drug-likeness (QED) is 0.767. The van der Waals surface area contributed by atoms with Gasteiger partial charge in [0.2, 0.25) is 0 Å². The number of quaternary nitrogens is 1. The highest BCUT2D eigenvalue weighted by Gasteiger charge is 2.16. The third kappa shape index (κ3) is 6.34. The summed E-state index contributed by atoms with van der Waals surface area (Å²) >= 11 is 0. The van der Waals surface area contributed by atoms with Crippen molar-refractivity contribution in [1.82, 2.24) is 0 Å². The molecule has 0 spiro atoms. The summed E-state index contributed by atoms with van der Waals surface area (Å²) in [5.74, 6) is 0.844. The molecule has 0 aromatic heterocycles. The molecule has 1 aromatic rings. The highest BCUT2D eigenvalue weighted by Crippen LogP contribution is 2.27. The van der Waals surface area contributed by atoms with Crippen LogP contribution in [0.15, 0.2) is 18.2 Å². The molecule has 0 fully saturated rings. The van der Waals surface area contributed by atoms with Gasteiger partial charge >= 0.3 is 0 Å². The van der Waals surface area contributed by atoms with Crippen molar-refractivity contribution >= 4 is 0 Å². The minimum absolute atomic E-state index is 0.134. The average molecular weight is 310 g/mol. The van der Waals surface area contributed by atoms with Crippen LogP contribution in [0.3, 0.4) is 0 Å². The van der Waals surface area contributed by atoms with E-state index in [1.54, 1.807) is 7.11 Å². The summed E-state index contributed by atoms with van der Waals surface area (Å²) in [6.07, 6.45) is -0.485. The van der Waals surface area contributed by atoms with Gasteiger partial charge in [0.25, 0.3) is 0 Å². The van der Waals surface area contributed by atoms with Gasteiger partial charge in [0.15, 0.2) is 0 Å². The number of hydrogen-bond donors (Lipinski definition) is 2. The standard InChI is InChI=1S/C18H31NO3/c1-13-9-15(18(3,4)5)7-8-17(13)22-12-16(20)10-19-14(2)11-21-6/h7-9,14,16,19-20H,10-12H2,1-6H3/p+1/t14-,16-/m0/s1. The van der Waals surface area contributed by atoms with Crippen molar-refractivity contribution in [1.29, 1.82) is 0 Å². The van der Waals surface area contributed by atoms with Gasteiger partial charge in [0.05, 0.1) is 6.61 Å². The van der Waals surface area contributed by atoms with Crippen molar-refractivity contribution in [2.45, 2.75) is 52.2 Å². The van der Waals surface area contributed by atoms with E-state index >= 15 is 0 Å². The van der Waals surface area contributed by atoms with Crippen LogP contribution in [0.2, 0.25) is 0 Å². The molecule has 0 unspecified atom stereocenters. The molecule has 0 heterocycles. The van der Waals surface area contributed by atoms with Crippen LogP contribution in [-0.2, 0) is 10.2 Å². The van der Waals surface area contributed by atoms with Crippen LogP contribution in [0, 0.1) is 6.92 Å². The Morgan fingerprint density at radius 1 is 1.23 bits per heavy atom. The highest BCUT2D eigenvalue weighted by molar-refractivity contribution is 5.38. The molecule has 3 N–H and O–H groups in total. The number of methoxy groups -OCH3 is 1. The first-order chi connectivity index (χ1) is 10.2. The molecule has 1 rings (SSSR count). The van der Waals surface area contributed by atoms with Crippen LogP contribution in [0.4, 0.5) is 0 Å². The largest absolute Gasteiger partial charge is 0.490 e.